The van der Waals surface area contributed by atoms with E-state index in [1.807, 2.05) is 59.7 Å². The molecule has 3 aromatic carbocycles. The minimum Gasteiger partial charge on any atom is -0.0683 e. The quantitative estimate of drug-likeness (QED) is 0.377. The molecule has 0 aliphatic rings. The van der Waals surface area contributed by atoms with Crippen molar-refractivity contribution in [3.63, 3.8) is 0 Å². The summed E-state index contributed by atoms with van der Waals surface area (Å²) in [6.07, 6.45) is 1.25. The highest BCUT2D eigenvalue weighted by molar-refractivity contribution is 5.81. The van der Waals surface area contributed by atoms with Gasteiger partial charge in [-0.3, -0.25) is 0 Å². The van der Waals surface area contributed by atoms with Crippen LogP contribution in [0.15, 0.2) is 78.9 Å². The van der Waals surface area contributed by atoms with E-state index in [-0.39, 0.29) is 0 Å². The van der Waals surface area contributed by atoms with Crippen molar-refractivity contribution in [3.8, 4) is 0 Å². The van der Waals surface area contributed by atoms with Crippen molar-refractivity contribution in [1.82, 2.24) is 0 Å². The Kier molecular flexibility index (Phi) is 27.8. The van der Waals surface area contributed by atoms with Crippen LogP contribution >= 0.6 is 0 Å². The van der Waals surface area contributed by atoms with E-state index in [9.17, 15) is 0 Å². The Hall–Kier alpha value is -2.08. The first-order valence-corrected chi connectivity index (χ1v) is 10.2. The standard InChI is InChI=1S/C10H8.C7H8.C3H8.3C2H6/c1-2-6-10-8-4-3-7-9(10)5-1;1-7-5-3-2-4-6-7;1-3-2;3*1-2/h1-8H;2-6H,1H3;3H2,1-2H3;3*1-2H3. The van der Waals surface area contributed by atoms with Gasteiger partial charge in [0.15, 0.2) is 0 Å². The van der Waals surface area contributed by atoms with Crippen LogP contribution in [0.25, 0.3) is 10.8 Å². The fourth-order valence-corrected chi connectivity index (χ4v) is 1.67. The number of hydrogen-bond donors (Lipinski definition) is 0. The zero-order chi connectivity index (χ0) is 20.6. The van der Waals surface area contributed by atoms with Crippen molar-refractivity contribution in [2.24, 2.45) is 0 Å². The normalized spacial score (nSPS) is 7.58. The summed E-state index contributed by atoms with van der Waals surface area (Å²) < 4.78 is 0. The molecule has 0 amide bonds. The molecule has 0 atom stereocenters. The maximum atomic E-state index is 2.12. The van der Waals surface area contributed by atoms with Crippen LogP contribution in [0.2, 0.25) is 0 Å². The molecule has 0 heterocycles. The van der Waals surface area contributed by atoms with Gasteiger partial charge in [0.1, 0.15) is 0 Å². The van der Waals surface area contributed by atoms with Gasteiger partial charge >= 0.3 is 0 Å². The minimum atomic E-state index is 1.25. The van der Waals surface area contributed by atoms with E-state index in [1.54, 1.807) is 0 Å². The van der Waals surface area contributed by atoms with E-state index < -0.39 is 0 Å². The first-order valence-electron chi connectivity index (χ1n) is 10.2. The van der Waals surface area contributed by atoms with E-state index in [4.69, 9.17) is 0 Å². The summed E-state index contributed by atoms with van der Waals surface area (Å²) in [5, 5.41) is 2.62. The topological polar surface area (TPSA) is 0 Å². The average Bonchev–Trinajstić information content (AvgIpc) is 2.74. The van der Waals surface area contributed by atoms with Gasteiger partial charge in [0.25, 0.3) is 0 Å². The van der Waals surface area contributed by atoms with Gasteiger partial charge in [-0.1, -0.05) is 146 Å². The van der Waals surface area contributed by atoms with Crippen molar-refractivity contribution in [3.05, 3.63) is 84.4 Å². The molecule has 0 spiro atoms. The number of benzene rings is 3. The predicted molar refractivity (Wildman–Crippen MR) is 125 cm³/mol. The van der Waals surface area contributed by atoms with Gasteiger partial charge in [0.2, 0.25) is 0 Å². The summed E-state index contributed by atoms with van der Waals surface area (Å²) in [4.78, 5) is 0. The molecule has 0 nitrogen and oxygen atoms in total. The lowest BCUT2D eigenvalue weighted by atomic mass is 10.1. The third-order valence-electron chi connectivity index (χ3n) is 2.60. The summed E-state index contributed by atoms with van der Waals surface area (Å²) in [6, 6.07) is 27.0. The summed E-state index contributed by atoms with van der Waals surface area (Å²) in [5.74, 6) is 0. The fraction of sp³-hybridized carbons (Fsp3) is 0.385. The van der Waals surface area contributed by atoms with Gasteiger partial charge in [-0.2, -0.15) is 0 Å². The molecule has 0 heteroatoms. The van der Waals surface area contributed by atoms with Gasteiger partial charge in [0.05, 0.1) is 0 Å². The molecular formula is C26H42. The zero-order valence-corrected chi connectivity index (χ0v) is 18.7. The van der Waals surface area contributed by atoms with Crippen LogP contribution in [0.4, 0.5) is 0 Å². The second-order valence-electron chi connectivity index (χ2n) is 4.71. The molecule has 0 aliphatic heterocycles. The SMILES string of the molecule is CC.CC.CC.CCC.Cc1ccccc1.c1ccc2ccccc2c1. The maximum absolute atomic E-state index is 2.12. The van der Waals surface area contributed by atoms with Crippen LogP contribution in [-0.4, -0.2) is 0 Å². The van der Waals surface area contributed by atoms with Crippen LogP contribution in [0.3, 0.4) is 0 Å². The Morgan fingerprint density at radius 3 is 0.885 bits per heavy atom. The molecule has 3 aromatic rings. The summed E-state index contributed by atoms with van der Waals surface area (Å²) in [5.41, 5.74) is 1.32. The van der Waals surface area contributed by atoms with E-state index in [0.717, 1.165) is 0 Å². The average molecular weight is 355 g/mol. The highest BCUT2D eigenvalue weighted by Gasteiger charge is 1.85. The van der Waals surface area contributed by atoms with Gasteiger partial charge in [-0.15, -0.1) is 0 Å². The number of rotatable bonds is 0. The van der Waals surface area contributed by atoms with Crippen LogP contribution in [0.5, 0.6) is 0 Å². The zero-order valence-electron chi connectivity index (χ0n) is 18.7. The van der Waals surface area contributed by atoms with Crippen molar-refractivity contribution in [2.75, 3.05) is 0 Å². The third kappa shape index (κ3) is 16.8. The van der Waals surface area contributed by atoms with Crippen molar-refractivity contribution < 1.29 is 0 Å². The molecular weight excluding hydrogens is 312 g/mol. The molecule has 0 saturated heterocycles. The Balaban J connectivity index is -0.000000292. The molecule has 0 bridgehead atoms. The van der Waals surface area contributed by atoms with Crippen LogP contribution < -0.4 is 0 Å². The molecule has 0 radical (unpaired) electrons. The van der Waals surface area contributed by atoms with E-state index in [0.29, 0.717) is 0 Å². The first-order chi connectivity index (χ1) is 12.8. The van der Waals surface area contributed by atoms with Gasteiger partial charge in [-0.25, -0.2) is 0 Å². The molecule has 26 heavy (non-hydrogen) atoms. The monoisotopic (exact) mass is 354 g/mol. The molecule has 0 aromatic heterocycles. The maximum Gasteiger partial charge on any atom is -0.0184 e. The molecule has 0 N–H and O–H groups in total. The van der Waals surface area contributed by atoms with Crippen LogP contribution in [0, 0.1) is 6.92 Å². The van der Waals surface area contributed by atoms with Crippen molar-refractivity contribution >= 4 is 10.8 Å². The smallest absolute Gasteiger partial charge is 0.0184 e. The molecule has 146 valence electrons. The van der Waals surface area contributed by atoms with E-state index in [1.165, 1.54) is 22.8 Å². The first kappa shape index (κ1) is 28.7. The van der Waals surface area contributed by atoms with E-state index >= 15 is 0 Å². The Labute approximate surface area is 164 Å². The van der Waals surface area contributed by atoms with Gasteiger partial charge in [-0.05, 0) is 17.7 Å². The molecule has 0 saturated carbocycles. The number of hydrogen-bond acceptors (Lipinski definition) is 0. The molecule has 0 aliphatic carbocycles. The lowest BCUT2D eigenvalue weighted by Crippen LogP contribution is -1.67. The molecule has 3 rings (SSSR count). The number of fused-ring (bicyclic) bond motifs is 1. The lowest BCUT2D eigenvalue weighted by molar-refractivity contribution is 1.09. The van der Waals surface area contributed by atoms with E-state index in [2.05, 4.69) is 81.4 Å². The van der Waals surface area contributed by atoms with Crippen LogP contribution in [0.1, 0.15) is 67.4 Å². The van der Waals surface area contributed by atoms with Gasteiger partial charge in [0, 0.05) is 0 Å². The van der Waals surface area contributed by atoms with Crippen molar-refractivity contribution in [2.45, 2.75) is 68.7 Å². The Morgan fingerprint density at radius 2 is 0.692 bits per heavy atom. The second-order valence-corrected chi connectivity index (χ2v) is 4.71. The largest absolute Gasteiger partial charge is 0.0683 e. The lowest BCUT2D eigenvalue weighted by Gasteiger charge is -1.92. The second kappa shape index (κ2) is 25.2. The Morgan fingerprint density at radius 1 is 0.462 bits per heavy atom. The summed E-state index contributed by atoms with van der Waals surface area (Å²) >= 11 is 0. The van der Waals surface area contributed by atoms with Crippen LogP contribution in [-0.2, 0) is 0 Å². The molecule has 0 unspecified atom stereocenters. The Bertz CT molecular complexity index is 516. The predicted octanol–water partition coefficient (Wildman–Crippen LogP) is 9.33. The highest BCUT2D eigenvalue weighted by atomic mass is 13.9. The molecule has 0 fully saturated rings. The summed E-state index contributed by atoms with van der Waals surface area (Å²) in [6.45, 7) is 18.3. The van der Waals surface area contributed by atoms with Gasteiger partial charge < -0.3 is 0 Å². The van der Waals surface area contributed by atoms with Crippen molar-refractivity contribution in [1.29, 1.82) is 0 Å². The fourth-order valence-electron chi connectivity index (χ4n) is 1.67. The third-order valence-corrected chi connectivity index (χ3v) is 2.60. The minimum absolute atomic E-state index is 1.25. The number of aryl methyl sites for hydroxylation is 1. The highest BCUT2D eigenvalue weighted by Crippen LogP contribution is 2.11. The summed E-state index contributed by atoms with van der Waals surface area (Å²) in [7, 11) is 0.